The second-order valence-electron chi connectivity index (χ2n) is 4.20. The molecule has 0 heteroatoms. The van der Waals surface area contributed by atoms with E-state index in [1.807, 2.05) is 0 Å². The molecule has 0 nitrogen and oxygen atoms in total. The summed E-state index contributed by atoms with van der Waals surface area (Å²) in [5, 5.41) is 0. The molecule has 0 amide bonds. The third kappa shape index (κ3) is 3.60. The first-order chi connectivity index (χ1) is 5.20. The zero-order chi connectivity index (χ0) is 8.27. The molecule has 1 aliphatic carbocycles. The second kappa shape index (κ2) is 3.94. The van der Waals surface area contributed by atoms with Crippen molar-refractivity contribution in [2.75, 3.05) is 0 Å². The van der Waals surface area contributed by atoms with Crippen molar-refractivity contribution in [1.29, 1.82) is 0 Å². The molecule has 0 unspecified atom stereocenters. The van der Waals surface area contributed by atoms with Crippen LogP contribution in [0.15, 0.2) is 11.1 Å². The average Bonchev–Trinajstić information content (AvgIpc) is 2.59. The number of hydrogen-bond acceptors (Lipinski definition) is 0. The van der Waals surface area contributed by atoms with E-state index in [9.17, 15) is 0 Å². The highest BCUT2D eigenvalue weighted by atomic mass is 14.2. The van der Waals surface area contributed by atoms with Gasteiger partial charge in [0.2, 0.25) is 0 Å². The highest BCUT2D eigenvalue weighted by molar-refractivity contribution is 5.32. The molecule has 0 aromatic heterocycles. The predicted octanol–water partition coefficient (Wildman–Crippen LogP) is 3.92. The van der Waals surface area contributed by atoms with E-state index in [1.54, 1.807) is 11.1 Å². The average molecular weight is 152 g/mol. The minimum absolute atomic E-state index is 0.893. The standard InChI is InChI=1S/C11H20/c1-9(2)6-4-5-7-11-8-10(11)3/h9H,4-8H2,1-3H3. The molecule has 0 bridgehead atoms. The van der Waals surface area contributed by atoms with E-state index >= 15 is 0 Å². The summed E-state index contributed by atoms with van der Waals surface area (Å²) >= 11 is 0. The minimum atomic E-state index is 0.893. The van der Waals surface area contributed by atoms with Crippen molar-refractivity contribution in [3.05, 3.63) is 11.1 Å². The summed E-state index contributed by atoms with van der Waals surface area (Å²) in [6.07, 6.45) is 6.99. The topological polar surface area (TPSA) is 0 Å². The van der Waals surface area contributed by atoms with Crippen LogP contribution in [0.25, 0.3) is 0 Å². The van der Waals surface area contributed by atoms with Crippen LogP contribution in [0.1, 0.15) is 52.9 Å². The molecule has 0 atom stereocenters. The summed E-state index contributed by atoms with van der Waals surface area (Å²) < 4.78 is 0. The van der Waals surface area contributed by atoms with Crippen molar-refractivity contribution in [1.82, 2.24) is 0 Å². The summed E-state index contributed by atoms with van der Waals surface area (Å²) in [7, 11) is 0. The fourth-order valence-electron chi connectivity index (χ4n) is 1.47. The van der Waals surface area contributed by atoms with E-state index in [-0.39, 0.29) is 0 Å². The molecule has 64 valence electrons. The molecule has 0 aromatic rings. The molecule has 0 N–H and O–H groups in total. The van der Waals surface area contributed by atoms with E-state index in [0.29, 0.717) is 0 Å². The van der Waals surface area contributed by atoms with Crippen LogP contribution in [-0.4, -0.2) is 0 Å². The van der Waals surface area contributed by atoms with Gasteiger partial charge in [-0.05, 0) is 32.1 Å². The summed E-state index contributed by atoms with van der Waals surface area (Å²) in [4.78, 5) is 0. The number of hydrogen-bond donors (Lipinski definition) is 0. The first kappa shape index (κ1) is 8.83. The third-order valence-electron chi connectivity index (χ3n) is 2.47. The number of unbranched alkanes of at least 4 members (excludes halogenated alkanes) is 1. The van der Waals surface area contributed by atoms with Gasteiger partial charge in [-0.15, -0.1) is 0 Å². The molecule has 0 spiro atoms. The minimum Gasteiger partial charge on any atom is -0.0697 e. The maximum Gasteiger partial charge on any atom is -0.0106 e. The van der Waals surface area contributed by atoms with Gasteiger partial charge in [0, 0.05) is 0 Å². The first-order valence-electron chi connectivity index (χ1n) is 4.87. The van der Waals surface area contributed by atoms with E-state index < -0.39 is 0 Å². The molecular formula is C11H20. The van der Waals surface area contributed by atoms with Crippen molar-refractivity contribution >= 4 is 0 Å². The Labute approximate surface area is 70.7 Å². The van der Waals surface area contributed by atoms with Crippen LogP contribution < -0.4 is 0 Å². The molecule has 0 saturated carbocycles. The smallest absolute Gasteiger partial charge is 0.0106 e. The van der Waals surface area contributed by atoms with Gasteiger partial charge in [0.15, 0.2) is 0 Å². The molecular weight excluding hydrogens is 132 g/mol. The van der Waals surface area contributed by atoms with E-state index in [1.165, 1.54) is 32.1 Å². The molecule has 0 fully saturated rings. The maximum atomic E-state index is 2.31. The van der Waals surface area contributed by atoms with Crippen LogP contribution in [0.4, 0.5) is 0 Å². The van der Waals surface area contributed by atoms with Crippen LogP contribution in [0.3, 0.4) is 0 Å². The Hall–Kier alpha value is -0.260. The van der Waals surface area contributed by atoms with Crippen LogP contribution in [0.5, 0.6) is 0 Å². The zero-order valence-electron chi connectivity index (χ0n) is 8.11. The first-order valence-corrected chi connectivity index (χ1v) is 4.87. The fraction of sp³-hybridized carbons (Fsp3) is 0.818. The highest BCUT2D eigenvalue weighted by Crippen LogP contribution is 2.34. The fourth-order valence-corrected chi connectivity index (χ4v) is 1.47. The molecule has 0 aliphatic heterocycles. The Balaban J connectivity index is 1.89. The molecule has 0 radical (unpaired) electrons. The Morgan fingerprint density at radius 1 is 1.27 bits per heavy atom. The monoisotopic (exact) mass is 152 g/mol. The van der Waals surface area contributed by atoms with E-state index in [4.69, 9.17) is 0 Å². The summed E-state index contributed by atoms with van der Waals surface area (Å²) in [5.41, 5.74) is 3.41. The molecule has 0 aromatic carbocycles. The lowest BCUT2D eigenvalue weighted by atomic mass is 10.0. The van der Waals surface area contributed by atoms with Crippen LogP contribution >= 0.6 is 0 Å². The zero-order valence-corrected chi connectivity index (χ0v) is 8.11. The lowest BCUT2D eigenvalue weighted by Gasteiger charge is -2.01. The lowest BCUT2D eigenvalue weighted by molar-refractivity contribution is 0.538. The van der Waals surface area contributed by atoms with Crippen LogP contribution in [0.2, 0.25) is 0 Å². The van der Waals surface area contributed by atoms with Gasteiger partial charge in [0.05, 0.1) is 0 Å². The highest BCUT2D eigenvalue weighted by Gasteiger charge is 2.14. The van der Waals surface area contributed by atoms with Gasteiger partial charge in [-0.2, -0.15) is 0 Å². The van der Waals surface area contributed by atoms with Gasteiger partial charge in [0.25, 0.3) is 0 Å². The van der Waals surface area contributed by atoms with Gasteiger partial charge in [0.1, 0.15) is 0 Å². The SMILES string of the molecule is CC1=C(CCCCC(C)C)C1. The lowest BCUT2D eigenvalue weighted by Crippen LogP contribution is -1.86. The maximum absolute atomic E-state index is 2.31. The Kier molecular flexibility index (Phi) is 3.16. The van der Waals surface area contributed by atoms with E-state index in [0.717, 1.165) is 5.92 Å². The van der Waals surface area contributed by atoms with Crippen LogP contribution in [0, 0.1) is 5.92 Å². The Morgan fingerprint density at radius 3 is 2.36 bits per heavy atom. The Morgan fingerprint density at radius 2 is 1.91 bits per heavy atom. The third-order valence-corrected chi connectivity index (χ3v) is 2.47. The van der Waals surface area contributed by atoms with Gasteiger partial charge in [-0.3, -0.25) is 0 Å². The summed E-state index contributed by atoms with van der Waals surface area (Å²) in [6.45, 7) is 6.88. The normalized spacial score (nSPS) is 16.4. The molecule has 0 heterocycles. The van der Waals surface area contributed by atoms with E-state index in [2.05, 4.69) is 20.8 Å². The second-order valence-corrected chi connectivity index (χ2v) is 4.20. The molecule has 0 saturated heterocycles. The van der Waals surface area contributed by atoms with Gasteiger partial charge >= 0.3 is 0 Å². The van der Waals surface area contributed by atoms with Gasteiger partial charge < -0.3 is 0 Å². The summed E-state index contributed by atoms with van der Waals surface area (Å²) in [5.74, 6) is 0.893. The van der Waals surface area contributed by atoms with Gasteiger partial charge in [-0.1, -0.05) is 37.8 Å². The Bertz CT molecular complexity index is 151. The van der Waals surface area contributed by atoms with Crippen molar-refractivity contribution in [2.45, 2.75) is 52.9 Å². The summed E-state index contributed by atoms with van der Waals surface area (Å²) in [6, 6.07) is 0. The molecule has 1 rings (SSSR count). The van der Waals surface area contributed by atoms with Crippen molar-refractivity contribution < 1.29 is 0 Å². The largest absolute Gasteiger partial charge is 0.0697 e. The van der Waals surface area contributed by atoms with Crippen molar-refractivity contribution in [3.63, 3.8) is 0 Å². The van der Waals surface area contributed by atoms with Gasteiger partial charge in [-0.25, -0.2) is 0 Å². The predicted molar refractivity (Wildman–Crippen MR) is 50.6 cm³/mol. The molecule has 11 heavy (non-hydrogen) atoms. The number of rotatable bonds is 5. The molecule has 1 aliphatic rings. The van der Waals surface area contributed by atoms with Crippen molar-refractivity contribution in [2.24, 2.45) is 5.92 Å². The quantitative estimate of drug-likeness (QED) is 0.413. The van der Waals surface area contributed by atoms with Crippen LogP contribution in [-0.2, 0) is 0 Å². The number of allylic oxidation sites excluding steroid dienone is 2. The van der Waals surface area contributed by atoms with Crippen molar-refractivity contribution in [3.8, 4) is 0 Å².